The van der Waals surface area contributed by atoms with E-state index in [1.807, 2.05) is 30.8 Å². The van der Waals surface area contributed by atoms with Crippen molar-refractivity contribution >= 4 is 28.5 Å². The molecule has 0 aliphatic carbocycles. The van der Waals surface area contributed by atoms with E-state index >= 15 is 0 Å². The summed E-state index contributed by atoms with van der Waals surface area (Å²) in [5.41, 5.74) is 5.13. The molecule has 0 fully saturated rings. The molecule has 0 aliphatic rings. The number of hydrogen-bond donors (Lipinski definition) is 0. The number of aryl methyl sites for hydroxylation is 1. The van der Waals surface area contributed by atoms with Crippen LogP contribution in [0.25, 0.3) is 16.9 Å². The van der Waals surface area contributed by atoms with Gasteiger partial charge in [0.1, 0.15) is 11.3 Å². The van der Waals surface area contributed by atoms with Gasteiger partial charge in [0, 0.05) is 26.0 Å². The maximum Gasteiger partial charge on any atom is 0.164 e. The molecule has 0 radical (unpaired) electrons. The van der Waals surface area contributed by atoms with E-state index in [9.17, 15) is 0 Å². The predicted molar refractivity (Wildman–Crippen MR) is 87.5 cm³/mol. The number of fused-ring (bicyclic) bond motifs is 1. The molecule has 0 amide bonds. The first-order valence-electron chi connectivity index (χ1n) is 6.78. The van der Waals surface area contributed by atoms with Gasteiger partial charge in [-0.3, -0.25) is 4.57 Å². The van der Waals surface area contributed by atoms with Crippen LogP contribution < -0.4 is 4.90 Å². The van der Waals surface area contributed by atoms with Crippen LogP contribution in [0, 0.1) is 6.92 Å². The molecule has 21 heavy (non-hydrogen) atoms. The smallest absolute Gasteiger partial charge is 0.164 e. The highest BCUT2D eigenvalue weighted by molar-refractivity contribution is 6.16. The number of halogens is 1. The van der Waals surface area contributed by atoms with Crippen LogP contribution in [0.2, 0.25) is 0 Å². The number of pyridine rings is 1. The number of hydrogen-bond acceptors (Lipinski definition) is 3. The highest BCUT2D eigenvalue weighted by Crippen LogP contribution is 2.26. The SMILES string of the molecule is Cc1ccc(-n2c(CCl)nc3cccnc32)cc1N(C)C. The van der Waals surface area contributed by atoms with Gasteiger partial charge < -0.3 is 4.90 Å². The standard InChI is InChI=1S/C16H17ClN4/c1-11-6-7-12(9-14(11)20(2)3)21-15(10-17)19-13-5-4-8-18-16(13)21/h4-9H,10H2,1-3H3. The van der Waals surface area contributed by atoms with Gasteiger partial charge in [0.15, 0.2) is 5.65 Å². The van der Waals surface area contributed by atoms with Crippen LogP contribution >= 0.6 is 11.6 Å². The second-order valence-corrected chi connectivity index (χ2v) is 5.48. The summed E-state index contributed by atoms with van der Waals surface area (Å²) in [6, 6.07) is 10.2. The third-order valence-electron chi connectivity index (χ3n) is 3.54. The Bertz CT molecular complexity index is 792. The van der Waals surface area contributed by atoms with Crippen LogP contribution in [0.1, 0.15) is 11.4 Å². The third kappa shape index (κ3) is 2.36. The minimum Gasteiger partial charge on any atom is -0.377 e. The van der Waals surface area contributed by atoms with Crippen molar-refractivity contribution in [3.05, 3.63) is 47.9 Å². The van der Waals surface area contributed by atoms with Crippen molar-refractivity contribution in [3.8, 4) is 5.69 Å². The average Bonchev–Trinajstić information content (AvgIpc) is 2.86. The molecule has 0 aliphatic heterocycles. The summed E-state index contributed by atoms with van der Waals surface area (Å²) < 4.78 is 2.02. The van der Waals surface area contributed by atoms with E-state index in [1.165, 1.54) is 11.3 Å². The number of nitrogens with zero attached hydrogens (tertiary/aromatic N) is 4. The van der Waals surface area contributed by atoms with E-state index in [0.717, 1.165) is 22.7 Å². The Labute approximate surface area is 129 Å². The van der Waals surface area contributed by atoms with E-state index in [-0.39, 0.29) is 0 Å². The van der Waals surface area contributed by atoms with Crippen LogP contribution in [-0.4, -0.2) is 28.6 Å². The van der Waals surface area contributed by atoms with Crippen molar-refractivity contribution in [2.75, 3.05) is 19.0 Å². The Balaban J connectivity index is 2.27. The first-order valence-corrected chi connectivity index (χ1v) is 7.32. The largest absolute Gasteiger partial charge is 0.377 e. The monoisotopic (exact) mass is 300 g/mol. The highest BCUT2D eigenvalue weighted by Gasteiger charge is 2.13. The van der Waals surface area contributed by atoms with E-state index in [2.05, 4.69) is 40.0 Å². The lowest BCUT2D eigenvalue weighted by Crippen LogP contribution is -2.11. The van der Waals surface area contributed by atoms with E-state index in [0.29, 0.717) is 5.88 Å². The molecule has 0 spiro atoms. The van der Waals surface area contributed by atoms with Crippen molar-refractivity contribution in [3.63, 3.8) is 0 Å². The van der Waals surface area contributed by atoms with Gasteiger partial charge in [-0.2, -0.15) is 0 Å². The van der Waals surface area contributed by atoms with E-state index < -0.39 is 0 Å². The van der Waals surface area contributed by atoms with Gasteiger partial charge in [0.05, 0.1) is 11.6 Å². The summed E-state index contributed by atoms with van der Waals surface area (Å²) >= 11 is 6.07. The van der Waals surface area contributed by atoms with Crippen molar-refractivity contribution in [2.45, 2.75) is 12.8 Å². The number of benzene rings is 1. The number of rotatable bonds is 3. The van der Waals surface area contributed by atoms with Gasteiger partial charge in [0.2, 0.25) is 0 Å². The van der Waals surface area contributed by atoms with Crippen molar-refractivity contribution in [1.82, 2.24) is 14.5 Å². The Morgan fingerprint density at radius 1 is 1.24 bits per heavy atom. The lowest BCUT2D eigenvalue weighted by atomic mass is 10.1. The van der Waals surface area contributed by atoms with Crippen molar-refractivity contribution < 1.29 is 0 Å². The van der Waals surface area contributed by atoms with Crippen LogP contribution in [0.4, 0.5) is 5.69 Å². The first-order chi connectivity index (χ1) is 10.1. The maximum atomic E-state index is 6.07. The minimum absolute atomic E-state index is 0.349. The molecule has 5 heteroatoms. The second kappa shape index (κ2) is 5.37. The summed E-state index contributed by atoms with van der Waals surface area (Å²) in [6.07, 6.45) is 1.78. The van der Waals surface area contributed by atoms with Crippen LogP contribution in [-0.2, 0) is 5.88 Å². The molecule has 0 saturated heterocycles. The Morgan fingerprint density at radius 2 is 2.05 bits per heavy atom. The molecule has 3 rings (SSSR count). The van der Waals surface area contributed by atoms with Gasteiger partial charge in [-0.1, -0.05) is 6.07 Å². The number of aromatic nitrogens is 3. The molecule has 2 aromatic heterocycles. The molecule has 2 heterocycles. The van der Waals surface area contributed by atoms with Crippen LogP contribution in [0.15, 0.2) is 36.5 Å². The summed E-state index contributed by atoms with van der Waals surface area (Å²) in [4.78, 5) is 11.1. The van der Waals surface area contributed by atoms with Crippen LogP contribution in [0.5, 0.6) is 0 Å². The number of anilines is 1. The van der Waals surface area contributed by atoms with E-state index in [4.69, 9.17) is 11.6 Å². The molecule has 0 N–H and O–H groups in total. The molecule has 108 valence electrons. The fourth-order valence-corrected chi connectivity index (χ4v) is 2.72. The molecule has 0 atom stereocenters. The predicted octanol–water partition coefficient (Wildman–Crippen LogP) is 3.53. The fourth-order valence-electron chi connectivity index (χ4n) is 2.54. The van der Waals surface area contributed by atoms with Gasteiger partial charge in [-0.15, -0.1) is 11.6 Å². The molecular formula is C16H17ClN4. The number of alkyl halides is 1. The Kier molecular flexibility index (Phi) is 3.55. The quantitative estimate of drug-likeness (QED) is 0.694. The Morgan fingerprint density at radius 3 is 2.76 bits per heavy atom. The maximum absolute atomic E-state index is 6.07. The molecule has 0 unspecified atom stereocenters. The lowest BCUT2D eigenvalue weighted by molar-refractivity contribution is 0.965. The number of imidazole rings is 1. The third-order valence-corrected chi connectivity index (χ3v) is 3.78. The summed E-state index contributed by atoms with van der Waals surface area (Å²) in [7, 11) is 4.08. The molecule has 4 nitrogen and oxygen atoms in total. The summed E-state index contributed by atoms with van der Waals surface area (Å²) in [5.74, 6) is 1.15. The lowest BCUT2D eigenvalue weighted by Gasteiger charge is -2.17. The second-order valence-electron chi connectivity index (χ2n) is 5.21. The van der Waals surface area contributed by atoms with E-state index in [1.54, 1.807) is 6.20 Å². The molecule has 3 aromatic rings. The summed E-state index contributed by atoms with van der Waals surface area (Å²) in [5, 5.41) is 0. The normalized spacial score (nSPS) is 11.0. The fraction of sp³-hybridized carbons (Fsp3) is 0.250. The zero-order valence-corrected chi connectivity index (χ0v) is 13.1. The zero-order chi connectivity index (χ0) is 15.0. The highest BCUT2D eigenvalue weighted by atomic mass is 35.5. The van der Waals surface area contributed by atoms with Crippen molar-refractivity contribution in [1.29, 1.82) is 0 Å². The average molecular weight is 301 g/mol. The van der Waals surface area contributed by atoms with Gasteiger partial charge in [0.25, 0.3) is 0 Å². The Hall–Kier alpha value is -2.07. The molecular weight excluding hydrogens is 284 g/mol. The van der Waals surface area contributed by atoms with Crippen LogP contribution in [0.3, 0.4) is 0 Å². The topological polar surface area (TPSA) is 34.0 Å². The van der Waals surface area contributed by atoms with Gasteiger partial charge in [-0.25, -0.2) is 9.97 Å². The van der Waals surface area contributed by atoms with Crippen molar-refractivity contribution in [2.24, 2.45) is 0 Å². The molecule has 1 aromatic carbocycles. The van der Waals surface area contributed by atoms with Gasteiger partial charge >= 0.3 is 0 Å². The first kappa shape index (κ1) is 13.9. The zero-order valence-electron chi connectivity index (χ0n) is 12.3. The molecule has 0 saturated carbocycles. The van der Waals surface area contributed by atoms with Gasteiger partial charge in [-0.05, 0) is 36.8 Å². The minimum atomic E-state index is 0.349. The summed E-state index contributed by atoms with van der Waals surface area (Å²) in [6.45, 7) is 2.10. The molecule has 0 bridgehead atoms.